The molecule has 2 saturated heterocycles. The molecule has 0 aromatic carbocycles. The van der Waals surface area contributed by atoms with Crippen molar-refractivity contribution in [3.63, 3.8) is 0 Å². The third-order valence-electron chi connectivity index (χ3n) is 4.89. The van der Waals surface area contributed by atoms with Crippen LogP contribution < -0.4 is 10.2 Å². The SMILES string of the molecule is CN=C(NCc1ccc(N2CCCC2)nc1)N1CCC(COC)C1.I. The molecule has 1 unspecified atom stereocenters. The Morgan fingerprint density at radius 2 is 2.12 bits per heavy atom. The van der Waals surface area contributed by atoms with E-state index in [-0.39, 0.29) is 24.0 Å². The van der Waals surface area contributed by atoms with Crippen molar-refractivity contribution in [2.45, 2.75) is 25.8 Å². The number of likely N-dealkylation sites (tertiary alicyclic amines) is 1. The Kier molecular flexibility index (Phi) is 8.21. The third-order valence-corrected chi connectivity index (χ3v) is 4.89. The predicted molar refractivity (Wildman–Crippen MR) is 113 cm³/mol. The number of aliphatic imine (C=N–C) groups is 1. The molecule has 6 nitrogen and oxygen atoms in total. The van der Waals surface area contributed by atoms with E-state index in [2.05, 4.69) is 37.2 Å². The summed E-state index contributed by atoms with van der Waals surface area (Å²) < 4.78 is 5.27. The molecule has 1 N–H and O–H groups in total. The molecule has 2 aliphatic rings. The first-order valence-corrected chi connectivity index (χ1v) is 8.94. The number of hydrogen-bond donors (Lipinski definition) is 1. The molecule has 1 aromatic heterocycles. The Morgan fingerprint density at radius 3 is 2.76 bits per heavy atom. The van der Waals surface area contributed by atoms with Gasteiger partial charge in [0, 0.05) is 59.0 Å². The summed E-state index contributed by atoms with van der Waals surface area (Å²) in [6.45, 7) is 5.91. The standard InChI is InChI=1S/C18H29N5O.HI/c1-19-18(23-10-7-16(13-23)14-24-2)21-12-15-5-6-17(20-11-15)22-8-3-4-9-22;/h5-6,11,16H,3-4,7-10,12-14H2,1-2H3,(H,19,21);1H. The highest BCUT2D eigenvalue weighted by molar-refractivity contribution is 14.0. The summed E-state index contributed by atoms with van der Waals surface area (Å²) in [6, 6.07) is 4.30. The fourth-order valence-corrected chi connectivity index (χ4v) is 3.56. The number of anilines is 1. The van der Waals surface area contributed by atoms with Gasteiger partial charge in [-0.25, -0.2) is 4.98 Å². The number of nitrogens with zero attached hydrogens (tertiary/aromatic N) is 4. The van der Waals surface area contributed by atoms with Crippen LogP contribution in [0.2, 0.25) is 0 Å². The van der Waals surface area contributed by atoms with Gasteiger partial charge in [0.25, 0.3) is 0 Å². The minimum absolute atomic E-state index is 0. The average Bonchev–Trinajstić information content (AvgIpc) is 3.29. The zero-order chi connectivity index (χ0) is 16.8. The van der Waals surface area contributed by atoms with Crippen LogP contribution >= 0.6 is 24.0 Å². The monoisotopic (exact) mass is 459 g/mol. The highest BCUT2D eigenvalue weighted by atomic mass is 127. The van der Waals surface area contributed by atoms with E-state index < -0.39 is 0 Å². The van der Waals surface area contributed by atoms with Crippen molar-refractivity contribution >= 4 is 35.8 Å². The second-order valence-electron chi connectivity index (χ2n) is 6.68. The Labute approximate surface area is 168 Å². The molecule has 3 heterocycles. The molecule has 7 heteroatoms. The van der Waals surface area contributed by atoms with Crippen LogP contribution in [0.3, 0.4) is 0 Å². The van der Waals surface area contributed by atoms with Gasteiger partial charge in [-0.05, 0) is 30.9 Å². The van der Waals surface area contributed by atoms with Crippen LogP contribution in [-0.2, 0) is 11.3 Å². The summed E-state index contributed by atoms with van der Waals surface area (Å²) in [6.07, 6.45) is 5.70. The van der Waals surface area contributed by atoms with Crippen LogP contribution in [0.5, 0.6) is 0 Å². The number of methoxy groups -OCH3 is 1. The maximum atomic E-state index is 5.27. The molecule has 0 bridgehead atoms. The van der Waals surface area contributed by atoms with Crippen LogP contribution in [0.4, 0.5) is 5.82 Å². The van der Waals surface area contributed by atoms with Crippen molar-refractivity contribution in [1.82, 2.24) is 15.2 Å². The number of guanidine groups is 1. The fraction of sp³-hybridized carbons (Fsp3) is 0.667. The molecular weight excluding hydrogens is 429 g/mol. The lowest BCUT2D eigenvalue weighted by Gasteiger charge is -2.22. The lowest BCUT2D eigenvalue weighted by atomic mass is 10.1. The number of ether oxygens (including phenoxy) is 1. The van der Waals surface area contributed by atoms with Gasteiger partial charge < -0.3 is 19.9 Å². The molecule has 0 amide bonds. The van der Waals surface area contributed by atoms with E-state index in [0.717, 1.165) is 51.1 Å². The van der Waals surface area contributed by atoms with Gasteiger partial charge in [-0.2, -0.15) is 0 Å². The molecule has 0 aliphatic carbocycles. The quantitative estimate of drug-likeness (QED) is 0.416. The summed E-state index contributed by atoms with van der Waals surface area (Å²) in [5.41, 5.74) is 1.19. The van der Waals surface area contributed by atoms with Crippen molar-refractivity contribution in [2.75, 3.05) is 51.8 Å². The van der Waals surface area contributed by atoms with Gasteiger partial charge in [-0.1, -0.05) is 6.07 Å². The summed E-state index contributed by atoms with van der Waals surface area (Å²) in [5.74, 6) is 2.68. The summed E-state index contributed by atoms with van der Waals surface area (Å²) in [7, 11) is 3.62. The third kappa shape index (κ3) is 5.44. The van der Waals surface area contributed by atoms with E-state index in [1.54, 1.807) is 7.11 Å². The van der Waals surface area contributed by atoms with Crippen LogP contribution in [0.25, 0.3) is 0 Å². The highest BCUT2D eigenvalue weighted by Crippen LogP contribution is 2.18. The number of pyridine rings is 1. The number of rotatable bonds is 5. The number of nitrogens with one attached hydrogen (secondary N) is 1. The maximum absolute atomic E-state index is 5.27. The van der Waals surface area contributed by atoms with E-state index in [1.807, 2.05) is 13.2 Å². The molecule has 2 aliphatic heterocycles. The van der Waals surface area contributed by atoms with Crippen LogP contribution in [-0.4, -0.2) is 62.8 Å². The van der Waals surface area contributed by atoms with Crippen LogP contribution in [0.1, 0.15) is 24.8 Å². The van der Waals surface area contributed by atoms with E-state index in [4.69, 9.17) is 4.74 Å². The van der Waals surface area contributed by atoms with Gasteiger partial charge in [-0.3, -0.25) is 4.99 Å². The van der Waals surface area contributed by atoms with E-state index in [0.29, 0.717) is 5.92 Å². The second kappa shape index (κ2) is 10.2. The molecule has 2 fully saturated rings. The zero-order valence-corrected chi connectivity index (χ0v) is 17.6. The molecule has 1 aromatic rings. The minimum Gasteiger partial charge on any atom is -0.384 e. The largest absolute Gasteiger partial charge is 0.384 e. The first-order chi connectivity index (χ1) is 11.8. The molecule has 3 rings (SSSR count). The number of hydrogen-bond acceptors (Lipinski definition) is 4. The summed E-state index contributed by atoms with van der Waals surface area (Å²) >= 11 is 0. The molecular formula is C18H30IN5O. The zero-order valence-electron chi connectivity index (χ0n) is 15.3. The molecule has 1 atom stereocenters. The van der Waals surface area contributed by atoms with Gasteiger partial charge in [0.2, 0.25) is 0 Å². The Bertz CT molecular complexity index is 545. The van der Waals surface area contributed by atoms with Gasteiger partial charge >= 0.3 is 0 Å². The Hall–Kier alpha value is -1.09. The molecule has 0 spiro atoms. The minimum atomic E-state index is 0. The fourth-order valence-electron chi connectivity index (χ4n) is 3.56. The van der Waals surface area contributed by atoms with Crippen molar-refractivity contribution < 1.29 is 4.74 Å². The lowest BCUT2D eigenvalue weighted by molar-refractivity contribution is 0.157. The smallest absolute Gasteiger partial charge is 0.193 e. The van der Waals surface area contributed by atoms with Crippen LogP contribution in [0.15, 0.2) is 23.3 Å². The normalized spacial score (nSPS) is 20.7. The first kappa shape index (κ1) is 20.2. The predicted octanol–water partition coefficient (Wildman–Crippen LogP) is 2.34. The molecule has 25 heavy (non-hydrogen) atoms. The van der Waals surface area contributed by atoms with Crippen molar-refractivity contribution in [2.24, 2.45) is 10.9 Å². The van der Waals surface area contributed by atoms with Crippen molar-refractivity contribution in [1.29, 1.82) is 0 Å². The highest BCUT2D eigenvalue weighted by Gasteiger charge is 2.24. The van der Waals surface area contributed by atoms with E-state index >= 15 is 0 Å². The topological polar surface area (TPSA) is 53.0 Å². The summed E-state index contributed by atoms with van der Waals surface area (Å²) in [5, 5.41) is 3.46. The van der Waals surface area contributed by atoms with Gasteiger partial charge in [0.1, 0.15) is 5.82 Å². The van der Waals surface area contributed by atoms with Gasteiger partial charge in [0.15, 0.2) is 5.96 Å². The Balaban J connectivity index is 0.00000225. The number of halogens is 1. The van der Waals surface area contributed by atoms with Crippen LogP contribution in [0, 0.1) is 5.92 Å². The van der Waals surface area contributed by atoms with Crippen molar-refractivity contribution in [3.8, 4) is 0 Å². The number of aromatic nitrogens is 1. The van der Waals surface area contributed by atoms with Gasteiger partial charge in [-0.15, -0.1) is 24.0 Å². The lowest BCUT2D eigenvalue weighted by Crippen LogP contribution is -2.39. The first-order valence-electron chi connectivity index (χ1n) is 8.94. The van der Waals surface area contributed by atoms with Gasteiger partial charge in [0.05, 0.1) is 6.61 Å². The second-order valence-corrected chi connectivity index (χ2v) is 6.68. The average molecular weight is 459 g/mol. The molecule has 0 saturated carbocycles. The Morgan fingerprint density at radius 1 is 1.32 bits per heavy atom. The molecule has 0 radical (unpaired) electrons. The summed E-state index contributed by atoms with van der Waals surface area (Å²) in [4.78, 5) is 13.7. The van der Waals surface area contributed by atoms with E-state index in [1.165, 1.54) is 24.8 Å². The van der Waals surface area contributed by atoms with Crippen molar-refractivity contribution in [3.05, 3.63) is 23.9 Å². The maximum Gasteiger partial charge on any atom is 0.193 e. The molecule has 140 valence electrons. The van der Waals surface area contributed by atoms with E-state index in [9.17, 15) is 0 Å².